The summed E-state index contributed by atoms with van der Waals surface area (Å²) < 4.78 is 68.7. The molecule has 0 heterocycles. The van der Waals surface area contributed by atoms with E-state index in [1.54, 1.807) is 0 Å². The molecule has 0 aromatic rings. The van der Waals surface area contributed by atoms with Crippen LogP contribution < -0.4 is 0 Å². The number of carbonyl (C=O) groups is 4. The van der Waals surface area contributed by atoms with E-state index in [4.69, 9.17) is 37.0 Å². The maximum absolute atomic E-state index is 13.1. The first-order valence-corrected chi connectivity index (χ1v) is 45.2. The summed E-state index contributed by atoms with van der Waals surface area (Å²) in [7, 11) is -9.92. The van der Waals surface area contributed by atoms with Gasteiger partial charge >= 0.3 is 39.5 Å². The van der Waals surface area contributed by atoms with E-state index < -0.39 is 97.5 Å². The Labute approximate surface area is 613 Å². The molecule has 594 valence electrons. The van der Waals surface area contributed by atoms with Crippen molar-refractivity contribution in [3.05, 3.63) is 0 Å². The minimum absolute atomic E-state index is 0.108. The van der Waals surface area contributed by atoms with Crippen molar-refractivity contribution >= 4 is 39.5 Å². The van der Waals surface area contributed by atoms with Gasteiger partial charge in [-0.2, -0.15) is 0 Å². The summed E-state index contributed by atoms with van der Waals surface area (Å²) in [6.45, 7) is 7.39. The highest BCUT2D eigenvalue weighted by molar-refractivity contribution is 7.47. The molecule has 3 N–H and O–H groups in total. The van der Waals surface area contributed by atoms with Gasteiger partial charge in [0.25, 0.3) is 0 Å². The number of hydrogen-bond donors (Lipinski definition) is 3. The van der Waals surface area contributed by atoms with Crippen molar-refractivity contribution in [3.63, 3.8) is 0 Å². The van der Waals surface area contributed by atoms with Gasteiger partial charge in [0.2, 0.25) is 0 Å². The Morgan fingerprint density at radius 1 is 0.280 bits per heavy atom. The van der Waals surface area contributed by atoms with Crippen LogP contribution in [-0.2, 0) is 65.4 Å². The second kappa shape index (κ2) is 73.9. The van der Waals surface area contributed by atoms with Crippen molar-refractivity contribution in [2.45, 2.75) is 451 Å². The van der Waals surface area contributed by atoms with Crippen LogP contribution in [0.4, 0.5) is 0 Å². The maximum atomic E-state index is 13.1. The van der Waals surface area contributed by atoms with Crippen molar-refractivity contribution in [1.82, 2.24) is 0 Å². The molecule has 0 saturated heterocycles. The van der Waals surface area contributed by atoms with Crippen LogP contribution >= 0.6 is 15.6 Å². The minimum Gasteiger partial charge on any atom is -0.462 e. The zero-order valence-electron chi connectivity index (χ0n) is 65.3. The van der Waals surface area contributed by atoms with E-state index in [0.29, 0.717) is 25.7 Å². The molecule has 0 amide bonds. The van der Waals surface area contributed by atoms with Gasteiger partial charge in [-0.05, 0) is 31.6 Å². The number of rotatable bonds is 81. The quantitative estimate of drug-likeness (QED) is 0.0222. The molecule has 100 heavy (non-hydrogen) atoms. The fourth-order valence-electron chi connectivity index (χ4n) is 12.6. The van der Waals surface area contributed by atoms with Gasteiger partial charge in [-0.15, -0.1) is 0 Å². The lowest BCUT2D eigenvalue weighted by molar-refractivity contribution is -0.161. The van der Waals surface area contributed by atoms with Crippen LogP contribution in [0.3, 0.4) is 0 Å². The number of aliphatic hydroxyl groups excluding tert-OH is 1. The molecule has 0 aliphatic rings. The maximum Gasteiger partial charge on any atom is 0.472 e. The van der Waals surface area contributed by atoms with Gasteiger partial charge < -0.3 is 33.8 Å². The molecule has 19 heteroatoms. The van der Waals surface area contributed by atoms with Crippen LogP contribution in [0.2, 0.25) is 0 Å². The van der Waals surface area contributed by atoms with Gasteiger partial charge in [-0.3, -0.25) is 37.3 Å². The highest BCUT2D eigenvalue weighted by atomic mass is 31.2. The Morgan fingerprint density at radius 2 is 0.480 bits per heavy atom. The highest BCUT2D eigenvalue weighted by Gasteiger charge is 2.30. The largest absolute Gasteiger partial charge is 0.472 e. The summed E-state index contributed by atoms with van der Waals surface area (Å²) >= 11 is 0. The average molecular weight is 1470 g/mol. The molecule has 0 saturated carbocycles. The number of phosphoric ester groups is 2. The average Bonchev–Trinajstić information content (AvgIpc) is 0.954. The van der Waals surface area contributed by atoms with Gasteiger partial charge in [0.1, 0.15) is 19.3 Å². The number of ether oxygens (including phenoxy) is 4. The van der Waals surface area contributed by atoms with Crippen LogP contribution in [0.25, 0.3) is 0 Å². The second-order valence-electron chi connectivity index (χ2n) is 29.4. The summed E-state index contributed by atoms with van der Waals surface area (Å²) in [5, 5.41) is 10.6. The van der Waals surface area contributed by atoms with Crippen molar-refractivity contribution in [2.75, 3.05) is 39.6 Å². The zero-order chi connectivity index (χ0) is 73.4. The van der Waals surface area contributed by atoms with Gasteiger partial charge in [0, 0.05) is 25.7 Å². The van der Waals surface area contributed by atoms with Crippen molar-refractivity contribution in [2.24, 2.45) is 5.92 Å². The lowest BCUT2D eigenvalue weighted by Gasteiger charge is -2.21. The highest BCUT2D eigenvalue weighted by Crippen LogP contribution is 2.45. The number of phosphoric acid groups is 2. The van der Waals surface area contributed by atoms with Crippen molar-refractivity contribution in [3.8, 4) is 0 Å². The van der Waals surface area contributed by atoms with Crippen LogP contribution in [0.15, 0.2) is 0 Å². The monoisotopic (exact) mass is 1470 g/mol. The normalized spacial score (nSPS) is 14.1. The Kier molecular flexibility index (Phi) is 72.5. The molecule has 0 rings (SSSR count). The topological polar surface area (TPSA) is 237 Å². The van der Waals surface area contributed by atoms with Crippen LogP contribution in [0, 0.1) is 5.92 Å². The molecule has 3 unspecified atom stereocenters. The molecule has 0 bridgehead atoms. The molecule has 0 aromatic heterocycles. The fourth-order valence-corrected chi connectivity index (χ4v) is 14.1. The lowest BCUT2D eigenvalue weighted by atomic mass is 9.99. The van der Waals surface area contributed by atoms with E-state index in [1.807, 2.05) is 0 Å². The van der Waals surface area contributed by atoms with Gasteiger partial charge in [0.15, 0.2) is 12.2 Å². The van der Waals surface area contributed by atoms with Crippen LogP contribution in [0.1, 0.15) is 433 Å². The first kappa shape index (κ1) is 98.1. The molecule has 0 aliphatic carbocycles. The summed E-state index contributed by atoms with van der Waals surface area (Å²) in [6, 6.07) is 0. The SMILES string of the molecule is CCCCCCCCCCCCCCCCCCCC(=O)OC[C@H](COP(=O)(O)OC[C@@H](O)COP(=O)(O)OC[C@@H](COC(=O)CCCCCCCCCCCCCC)OC(=O)CCCCCCCCCCCCCCC)OC(=O)CCCCCCCCCCCCCCCCC(C)CC. The van der Waals surface area contributed by atoms with E-state index in [2.05, 4.69) is 34.6 Å². The van der Waals surface area contributed by atoms with E-state index in [1.165, 1.54) is 257 Å². The van der Waals surface area contributed by atoms with Gasteiger partial charge in [-0.1, -0.05) is 381 Å². The summed E-state index contributed by atoms with van der Waals surface area (Å²) in [5.74, 6) is -1.26. The van der Waals surface area contributed by atoms with Gasteiger partial charge in [-0.25, -0.2) is 9.13 Å². The first-order valence-electron chi connectivity index (χ1n) is 42.2. The number of unbranched alkanes of at least 4 members (excludes halogenated alkanes) is 52. The third-order valence-electron chi connectivity index (χ3n) is 19.4. The molecule has 0 aromatic carbocycles. The Balaban J connectivity index is 5.25. The van der Waals surface area contributed by atoms with E-state index in [0.717, 1.165) is 95.8 Å². The molecule has 0 aliphatic heterocycles. The van der Waals surface area contributed by atoms with E-state index in [-0.39, 0.29) is 25.7 Å². The molecule has 6 atom stereocenters. The van der Waals surface area contributed by atoms with Crippen LogP contribution in [-0.4, -0.2) is 96.7 Å². The smallest absolute Gasteiger partial charge is 0.462 e. The Morgan fingerprint density at radius 3 is 0.710 bits per heavy atom. The number of hydrogen-bond acceptors (Lipinski definition) is 15. The van der Waals surface area contributed by atoms with Crippen molar-refractivity contribution < 1.29 is 80.2 Å². The molecule has 17 nitrogen and oxygen atoms in total. The zero-order valence-corrected chi connectivity index (χ0v) is 67.1. The number of esters is 4. The molecular formula is C81H158O17P2. The Hall–Kier alpha value is -1.94. The molecule has 0 spiro atoms. The minimum atomic E-state index is -4.96. The number of aliphatic hydroxyl groups is 1. The van der Waals surface area contributed by atoms with Gasteiger partial charge in [0.05, 0.1) is 26.4 Å². The first-order chi connectivity index (χ1) is 48.6. The predicted molar refractivity (Wildman–Crippen MR) is 409 cm³/mol. The molecule has 0 fully saturated rings. The summed E-state index contributed by atoms with van der Waals surface area (Å²) in [4.78, 5) is 73.1. The fraction of sp³-hybridized carbons (Fsp3) is 0.951. The molecular weight excluding hydrogens is 1310 g/mol. The third kappa shape index (κ3) is 73.0. The number of carbonyl (C=O) groups excluding carboxylic acids is 4. The molecule has 0 radical (unpaired) electrons. The summed E-state index contributed by atoms with van der Waals surface area (Å²) in [5.41, 5.74) is 0. The predicted octanol–water partition coefficient (Wildman–Crippen LogP) is 24.4. The lowest BCUT2D eigenvalue weighted by Crippen LogP contribution is -2.30. The standard InChI is InChI=1S/C81H158O17P2/c1-6-10-13-16-19-22-25-28-29-30-31-36-40-45-50-55-60-65-79(84)92-71-77(98-81(86)67-62-57-52-47-42-37-33-32-35-38-43-48-53-58-63-74(5)9-4)73-96-100(89,90)94-69-75(82)68-93-99(87,88)95-72-76(70-91-78(83)64-59-54-49-44-39-27-24-21-18-15-12-8-3)97-80(85)66-61-56-51-46-41-34-26-23-20-17-14-11-7-2/h74-77,82H,6-73H2,1-5H3,(H,87,88)(H,89,90)/t74?,75-,76+,77+/m0/s1. The second-order valence-corrected chi connectivity index (χ2v) is 32.3. The van der Waals surface area contributed by atoms with E-state index >= 15 is 0 Å². The Bertz CT molecular complexity index is 1910. The summed E-state index contributed by atoms with van der Waals surface area (Å²) in [6.07, 6.45) is 64.9. The van der Waals surface area contributed by atoms with Crippen LogP contribution in [0.5, 0.6) is 0 Å². The van der Waals surface area contributed by atoms with Crippen molar-refractivity contribution in [1.29, 1.82) is 0 Å². The van der Waals surface area contributed by atoms with E-state index in [9.17, 15) is 43.2 Å². The third-order valence-corrected chi connectivity index (χ3v) is 21.3.